The summed E-state index contributed by atoms with van der Waals surface area (Å²) in [5.74, 6) is 0.637. The van der Waals surface area contributed by atoms with Crippen molar-refractivity contribution in [2.45, 2.75) is 24.2 Å². The Morgan fingerprint density at radius 1 is 1.22 bits per heavy atom. The Balaban J connectivity index is 2.31. The molecule has 1 heterocycles. The maximum Gasteiger partial charge on any atom is 0.283 e. The van der Waals surface area contributed by atoms with Crippen LogP contribution in [-0.4, -0.2) is 32.7 Å². The molecule has 2 rings (SSSR count). The summed E-state index contributed by atoms with van der Waals surface area (Å²) in [6.45, 7) is 0.857. The highest BCUT2D eigenvalue weighted by molar-refractivity contribution is 7.90. The standard InChI is InChI=1S/C12H17N3O2S/c1-15-9-3-2-4-12(15)14-18(16,17)11-7-5-10(13)6-8-11/h5-8H,2-4,9,13H2,1H3/b14-12+. The zero-order valence-corrected chi connectivity index (χ0v) is 11.2. The molecule has 5 nitrogen and oxygen atoms in total. The molecule has 2 N–H and O–H groups in total. The lowest BCUT2D eigenvalue weighted by Crippen LogP contribution is -2.32. The summed E-state index contributed by atoms with van der Waals surface area (Å²) in [7, 11) is -1.75. The van der Waals surface area contributed by atoms with Gasteiger partial charge in [0.1, 0.15) is 5.84 Å². The van der Waals surface area contributed by atoms with E-state index in [4.69, 9.17) is 5.73 Å². The Bertz CT molecular complexity index is 549. The molecule has 0 aromatic heterocycles. The summed E-state index contributed by atoms with van der Waals surface area (Å²) in [5.41, 5.74) is 6.08. The van der Waals surface area contributed by atoms with E-state index >= 15 is 0 Å². The highest BCUT2D eigenvalue weighted by Crippen LogP contribution is 2.17. The number of rotatable bonds is 2. The largest absolute Gasteiger partial charge is 0.399 e. The highest BCUT2D eigenvalue weighted by Gasteiger charge is 2.18. The van der Waals surface area contributed by atoms with Crippen LogP contribution in [0.3, 0.4) is 0 Å². The summed E-state index contributed by atoms with van der Waals surface area (Å²) in [4.78, 5) is 2.08. The van der Waals surface area contributed by atoms with Crippen molar-refractivity contribution >= 4 is 21.5 Å². The van der Waals surface area contributed by atoms with Crippen LogP contribution in [0.1, 0.15) is 19.3 Å². The first kappa shape index (κ1) is 12.9. The van der Waals surface area contributed by atoms with E-state index in [1.54, 1.807) is 12.1 Å². The molecule has 6 heteroatoms. The van der Waals surface area contributed by atoms with Gasteiger partial charge in [-0.25, -0.2) is 0 Å². The van der Waals surface area contributed by atoms with Crippen LogP contribution >= 0.6 is 0 Å². The number of hydrogen-bond donors (Lipinski definition) is 1. The smallest absolute Gasteiger partial charge is 0.283 e. The normalized spacial score (nSPS) is 19.2. The molecule has 0 unspecified atom stereocenters. The van der Waals surface area contributed by atoms with Gasteiger partial charge in [-0.3, -0.25) is 0 Å². The van der Waals surface area contributed by atoms with Gasteiger partial charge in [-0.1, -0.05) is 0 Å². The van der Waals surface area contributed by atoms with Crippen LogP contribution in [0.5, 0.6) is 0 Å². The van der Waals surface area contributed by atoms with Crippen molar-refractivity contribution in [2.75, 3.05) is 19.3 Å². The minimum absolute atomic E-state index is 0.183. The first-order valence-corrected chi connectivity index (χ1v) is 7.33. The lowest BCUT2D eigenvalue weighted by Gasteiger charge is -2.25. The van der Waals surface area contributed by atoms with Gasteiger partial charge in [-0.05, 0) is 37.1 Å². The summed E-state index contributed by atoms with van der Waals surface area (Å²) in [6.07, 6.45) is 2.78. The minimum Gasteiger partial charge on any atom is -0.399 e. The van der Waals surface area contributed by atoms with Gasteiger partial charge >= 0.3 is 0 Å². The van der Waals surface area contributed by atoms with Crippen molar-refractivity contribution in [1.82, 2.24) is 4.90 Å². The number of nitrogen functional groups attached to an aromatic ring is 1. The summed E-state index contributed by atoms with van der Waals surface area (Å²) >= 11 is 0. The molecule has 0 aliphatic carbocycles. The van der Waals surface area contributed by atoms with E-state index in [1.807, 2.05) is 11.9 Å². The van der Waals surface area contributed by atoms with E-state index in [0.29, 0.717) is 17.9 Å². The third-order valence-electron chi connectivity index (χ3n) is 2.99. The van der Waals surface area contributed by atoms with Crippen molar-refractivity contribution in [1.29, 1.82) is 0 Å². The van der Waals surface area contributed by atoms with Gasteiger partial charge in [0.05, 0.1) is 4.90 Å². The number of sulfonamides is 1. The fourth-order valence-electron chi connectivity index (χ4n) is 1.90. The predicted octanol–water partition coefficient (Wildman–Crippen LogP) is 1.47. The zero-order valence-electron chi connectivity index (χ0n) is 10.3. The van der Waals surface area contributed by atoms with Gasteiger partial charge in [0.25, 0.3) is 10.0 Å². The number of nitrogens with two attached hydrogens (primary N) is 1. The van der Waals surface area contributed by atoms with Crippen LogP contribution in [0.2, 0.25) is 0 Å². The Hall–Kier alpha value is -1.56. The van der Waals surface area contributed by atoms with E-state index in [9.17, 15) is 8.42 Å². The van der Waals surface area contributed by atoms with E-state index in [2.05, 4.69) is 4.40 Å². The Morgan fingerprint density at radius 3 is 2.50 bits per heavy atom. The number of hydrogen-bond acceptors (Lipinski definition) is 3. The fraction of sp³-hybridized carbons (Fsp3) is 0.417. The molecular formula is C12H17N3O2S. The molecule has 0 amide bonds. The lowest BCUT2D eigenvalue weighted by atomic mass is 10.1. The first-order valence-electron chi connectivity index (χ1n) is 5.89. The molecule has 1 aliphatic heterocycles. The number of likely N-dealkylation sites (tertiary alicyclic amines) is 1. The molecule has 1 aromatic carbocycles. The van der Waals surface area contributed by atoms with Gasteiger partial charge in [0.15, 0.2) is 0 Å². The molecule has 1 saturated heterocycles. The second-order valence-electron chi connectivity index (χ2n) is 4.43. The molecule has 1 aliphatic rings. The van der Waals surface area contributed by atoms with Crippen LogP contribution < -0.4 is 5.73 Å². The van der Waals surface area contributed by atoms with Gasteiger partial charge in [-0.15, -0.1) is 4.40 Å². The molecule has 0 atom stereocenters. The topological polar surface area (TPSA) is 75.8 Å². The monoisotopic (exact) mass is 267 g/mol. The maximum atomic E-state index is 12.1. The Kier molecular flexibility index (Phi) is 3.56. The van der Waals surface area contributed by atoms with Gasteiger partial charge in [0, 0.05) is 25.7 Å². The zero-order chi connectivity index (χ0) is 13.2. The van der Waals surface area contributed by atoms with Crippen molar-refractivity contribution in [3.8, 4) is 0 Å². The van der Waals surface area contributed by atoms with Gasteiger partial charge in [0.2, 0.25) is 0 Å². The van der Waals surface area contributed by atoms with E-state index in [0.717, 1.165) is 19.4 Å². The molecule has 0 saturated carbocycles. The Morgan fingerprint density at radius 2 is 1.89 bits per heavy atom. The highest BCUT2D eigenvalue weighted by atomic mass is 32.2. The van der Waals surface area contributed by atoms with E-state index in [1.165, 1.54) is 12.1 Å². The number of amidine groups is 1. The summed E-state index contributed by atoms with van der Waals surface area (Å²) < 4.78 is 28.1. The lowest BCUT2D eigenvalue weighted by molar-refractivity contribution is 0.434. The average molecular weight is 267 g/mol. The molecule has 98 valence electrons. The third-order valence-corrected chi connectivity index (χ3v) is 4.31. The number of nitrogens with zero attached hydrogens (tertiary/aromatic N) is 2. The first-order chi connectivity index (χ1) is 8.49. The van der Waals surface area contributed by atoms with Crippen molar-refractivity contribution in [3.05, 3.63) is 24.3 Å². The van der Waals surface area contributed by atoms with Gasteiger partial charge < -0.3 is 10.6 Å². The number of benzene rings is 1. The SMILES string of the molecule is CN1CCCC/C1=N\S(=O)(=O)c1ccc(N)cc1. The van der Waals surface area contributed by atoms with Gasteiger partial charge in [-0.2, -0.15) is 8.42 Å². The summed E-state index contributed by atoms with van der Waals surface area (Å²) in [5, 5.41) is 0. The number of anilines is 1. The Labute approximate surface area is 107 Å². The fourth-order valence-corrected chi connectivity index (χ4v) is 2.99. The summed E-state index contributed by atoms with van der Waals surface area (Å²) in [6, 6.07) is 6.10. The van der Waals surface area contributed by atoms with Crippen molar-refractivity contribution in [3.63, 3.8) is 0 Å². The van der Waals surface area contributed by atoms with Crippen molar-refractivity contribution in [2.24, 2.45) is 4.40 Å². The van der Waals surface area contributed by atoms with Crippen LogP contribution in [0, 0.1) is 0 Å². The van der Waals surface area contributed by atoms with Crippen molar-refractivity contribution < 1.29 is 8.42 Å². The molecule has 0 spiro atoms. The molecule has 18 heavy (non-hydrogen) atoms. The predicted molar refractivity (Wildman–Crippen MR) is 72.0 cm³/mol. The average Bonchev–Trinajstić information content (AvgIpc) is 2.32. The van der Waals surface area contributed by atoms with E-state index in [-0.39, 0.29) is 4.90 Å². The molecular weight excluding hydrogens is 250 g/mol. The van der Waals surface area contributed by atoms with Crippen LogP contribution in [0.15, 0.2) is 33.6 Å². The van der Waals surface area contributed by atoms with Crippen LogP contribution in [0.4, 0.5) is 5.69 Å². The molecule has 1 aromatic rings. The maximum absolute atomic E-state index is 12.1. The van der Waals surface area contributed by atoms with Crippen LogP contribution in [0.25, 0.3) is 0 Å². The third kappa shape index (κ3) is 2.81. The second kappa shape index (κ2) is 4.97. The molecule has 0 bridgehead atoms. The van der Waals surface area contributed by atoms with E-state index < -0.39 is 10.0 Å². The van der Waals surface area contributed by atoms with Crippen LogP contribution in [-0.2, 0) is 10.0 Å². The second-order valence-corrected chi connectivity index (χ2v) is 6.03. The minimum atomic E-state index is -3.62. The molecule has 1 fully saturated rings. The number of piperidine rings is 1. The molecule has 0 radical (unpaired) electrons. The quantitative estimate of drug-likeness (QED) is 0.823.